The van der Waals surface area contributed by atoms with Crippen molar-refractivity contribution in [3.63, 3.8) is 0 Å². The average molecular weight is 176 g/mol. The molecular weight excluding hydrogens is 164 g/mol. The zero-order valence-electron chi connectivity index (χ0n) is 7.70. The van der Waals surface area contributed by atoms with E-state index in [1.807, 2.05) is 32.4 Å². The highest BCUT2D eigenvalue weighted by atomic mass is 15.3. The maximum absolute atomic E-state index is 5.90. The highest BCUT2D eigenvalue weighted by Gasteiger charge is 2.11. The maximum atomic E-state index is 5.90. The maximum Gasteiger partial charge on any atom is 0.0926 e. The predicted octanol–water partition coefficient (Wildman–Crippen LogP) is 1.31. The van der Waals surface area contributed by atoms with Crippen molar-refractivity contribution in [2.45, 2.75) is 6.92 Å². The van der Waals surface area contributed by atoms with Gasteiger partial charge in [0, 0.05) is 25.0 Å². The third kappa shape index (κ3) is 1.11. The number of nitrogens with two attached hydrogens (primary N) is 1. The molecule has 2 rings (SSSR count). The van der Waals surface area contributed by atoms with E-state index in [1.165, 1.54) is 0 Å². The minimum absolute atomic E-state index is 0.752. The Kier molecular flexibility index (Phi) is 1.62. The minimum Gasteiger partial charge on any atom is -0.395 e. The second-order valence-electron chi connectivity index (χ2n) is 3.07. The van der Waals surface area contributed by atoms with Crippen LogP contribution in [0.1, 0.15) is 5.69 Å². The Hall–Kier alpha value is -1.71. The third-order valence-electron chi connectivity index (χ3n) is 2.14. The minimum atomic E-state index is 0.752. The lowest BCUT2D eigenvalue weighted by atomic mass is 10.2. The molecule has 68 valence electrons. The largest absolute Gasteiger partial charge is 0.395 e. The number of anilines is 1. The highest BCUT2D eigenvalue weighted by Crippen LogP contribution is 2.26. The zero-order chi connectivity index (χ0) is 9.42. The highest BCUT2D eigenvalue weighted by molar-refractivity contribution is 5.74. The number of hydrogen-bond acceptors (Lipinski definition) is 2. The first-order valence-corrected chi connectivity index (χ1v) is 4.12. The summed E-state index contributed by atoms with van der Waals surface area (Å²) in [5, 5.41) is 4.24. The summed E-state index contributed by atoms with van der Waals surface area (Å²) in [5.41, 5.74) is 9.56. The fourth-order valence-corrected chi connectivity index (χ4v) is 1.49. The molecule has 0 aromatic carbocycles. The molecule has 0 aliphatic carbocycles. The van der Waals surface area contributed by atoms with E-state index in [0.29, 0.717) is 0 Å². The first-order valence-electron chi connectivity index (χ1n) is 4.12. The fourth-order valence-electron chi connectivity index (χ4n) is 1.49. The third-order valence-corrected chi connectivity index (χ3v) is 2.14. The number of aromatic nitrogens is 3. The van der Waals surface area contributed by atoms with Gasteiger partial charge in [-0.25, -0.2) is 0 Å². The van der Waals surface area contributed by atoms with E-state index in [0.717, 1.165) is 22.6 Å². The molecule has 0 aliphatic heterocycles. The molecule has 0 radical (unpaired) electrons. The Balaban J connectivity index is 2.64. The van der Waals surface area contributed by atoms with Gasteiger partial charge in [0.15, 0.2) is 0 Å². The molecule has 0 amide bonds. The van der Waals surface area contributed by atoms with E-state index >= 15 is 0 Å². The Bertz CT molecular complexity index is 411. The Morgan fingerprint density at radius 1 is 1.54 bits per heavy atom. The van der Waals surface area contributed by atoms with Crippen LogP contribution in [0.15, 0.2) is 18.5 Å². The van der Waals surface area contributed by atoms with Gasteiger partial charge in [0.05, 0.1) is 17.1 Å². The van der Waals surface area contributed by atoms with Gasteiger partial charge in [0.1, 0.15) is 0 Å². The molecule has 13 heavy (non-hydrogen) atoms. The van der Waals surface area contributed by atoms with Gasteiger partial charge in [-0.2, -0.15) is 5.10 Å². The van der Waals surface area contributed by atoms with E-state index in [4.69, 9.17) is 5.73 Å². The molecule has 0 aliphatic rings. The van der Waals surface area contributed by atoms with Gasteiger partial charge in [-0.3, -0.25) is 4.68 Å². The Morgan fingerprint density at radius 2 is 2.31 bits per heavy atom. The van der Waals surface area contributed by atoms with Crippen LogP contribution in [0.5, 0.6) is 0 Å². The second kappa shape index (κ2) is 2.65. The SMILES string of the molecule is Cc1nn(C)c(-c2cc[nH]c2)c1N. The molecule has 0 atom stereocenters. The van der Waals surface area contributed by atoms with Gasteiger partial charge in [0.25, 0.3) is 0 Å². The molecule has 0 fully saturated rings. The Morgan fingerprint density at radius 3 is 2.77 bits per heavy atom. The number of aryl methyl sites for hydroxylation is 2. The van der Waals surface area contributed by atoms with Gasteiger partial charge in [0.2, 0.25) is 0 Å². The normalized spacial score (nSPS) is 10.6. The molecule has 2 heterocycles. The monoisotopic (exact) mass is 176 g/mol. The van der Waals surface area contributed by atoms with Gasteiger partial charge >= 0.3 is 0 Å². The summed E-state index contributed by atoms with van der Waals surface area (Å²) in [6.45, 7) is 1.91. The number of aromatic amines is 1. The van der Waals surface area contributed by atoms with Crippen LogP contribution in [0, 0.1) is 6.92 Å². The molecule has 4 nitrogen and oxygen atoms in total. The molecule has 0 bridgehead atoms. The van der Waals surface area contributed by atoms with Crippen molar-refractivity contribution in [3.8, 4) is 11.3 Å². The van der Waals surface area contributed by atoms with Crippen LogP contribution in [0.2, 0.25) is 0 Å². The summed E-state index contributed by atoms with van der Waals surface area (Å²) in [6, 6.07) is 1.98. The van der Waals surface area contributed by atoms with Crippen molar-refractivity contribution in [3.05, 3.63) is 24.2 Å². The predicted molar refractivity (Wildman–Crippen MR) is 52.1 cm³/mol. The molecule has 3 N–H and O–H groups in total. The lowest BCUT2D eigenvalue weighted by Crippen LogP contribution is -1.94. The van der Waals surface area contributed by atoms with Crippen molar-refractivity contribution in [1.29, 1.82) is 0 Å². The molecule has 0 saturated carbocycles. The summed E-state index contributed by atoms with van der Waals surface area (Å²) in [7, 11) is 1.89. The number of nitrogens with zero attached hydrogens (tertiary/aromatic N) is 2. The topological polar surface area (TPSA) is 59.6 Å². The lowest BCUT2D eigenvalue weighted by Gasteiger charge is -1.98. The van der Waals surface area contributed by atoms with Crippen LogP contribution in [0.25, 0.3) is 11.3 Å². The first-order chi connectivity index (χ1) is 6.20. The summed E-state index contributed by atoms with van der Waals surface area (Å²) < 4.78 is 1.80. The smallest absolute Gasteiger partial charge is 0.0926 e. The molecular formula is C9H12N4. The first kappa shape index (κ1) is 7.91. The standard InChI is InChI=1S/C9H12N4/c1-6-8(10)9(13(2)12-6)7-3-4-11-5-7/h3-5,11H,10H2,1-2H3. The van der Waals surface area contributed by atoms with Gasteiger partial charge in [-0.1, -0.05) is 0 Å². The van der Waals surface area contributed by atoms with Crippen LogP contribution >= 0.6 is 0 Å². The van der Waals surface area contributed by atoms with Gasteiger partial charge in [-0.15, -0.1) is 0 Å². The van der Waals surface area contributed by atoms with Crippen LogP contribution < -0.4 is 5.73 Å². The van der Waals surface area contributed by atoms with E-state index in [9.17, 15) is 0 Å². The van der Waals surface area contributed by atoms with E-state index < -0.39 is 0 Å². The number of hydrogen-bond donors (Lipinski definition) is 2. The van der Waals surface area contributed by atoms with Crippen LogP contribution in [0.4, 0.5) is 5.69 Å². The molecule has 0 spiro atoms. The van der Waals surface area contributed by atoms with E-state index in [-0.39, 0.29) is 0 Å². The fraction of sp³-hybridized carbons (Fsp3) is 0.222. The van der Waals surface area contributed by atoms with Crippen molar-refractivity contribution in [2.75, 3.05) is 5.73 Å². The lowest BCUT2D eigenvalue weighted by molar-refractivity contribution is 0.764. The molecule has 0 unspecified atom stereocenters. The van der Waals surface area contributed by atoms with Crippen molar-refractivity contribution in [2.24, 2.45) is 7.05 Å². The number of nitrogens with one attached hydrogen (secondary N) is 1. The van der Waals surface area contributed by atoms with Crippen molar-refractivity contribution >= 4 is 5.69 Å². The van der Waals surface area contributed by atoms with Crippen LogP contribution in [0.3, 0.4) is 0 Å². The summed E-state index contributed by atoms with van der Waals surface area (Å²) in [4.78, 5) is 3.00. The quantitative estimate of drug-likeness (QED) is 0.688. The average Bonchev–Trinajstić information content (AvgIpc) is 2.63. The van der Waals surface area contributed by atoms with E-state index in [1.54, 1.807) is 4.68 Å². The second-order valence-corrected chi connectivity index (χ2v) is 3.07. The van der Waals surface area contributed by atoms with Crippen LogP contribution in [-0.2, 0) is 7.05 Å². The number of rotatable bonds is 1. The van der Waals surface area contributed by atoms with Gasteiger partial charge in [-0.05, 0) is 13.0 Å². The van der Waals surface area contributed by atoms with Crippen molar-refractivity contribution in [1.82, 2.24) is 14.8 Å². The zero-order valence-corrected chi connectivity index (χ0v) is 7.70. The molecule has 4 heteroatoms. The summed E-state index contributed by atoms with van der Waals surface area (Å²) >= 11 is 0. The number of H-pyrrole nitrogens is 1. The summed E-state index contributed by atoms with van der Waals surface area (Å²) in [6.07, 6.45) is 3.78. The summed E-state index contributed by atoms with van der Waals surface area (Å²) in [5.74, 6) is 0. The molecule has 2 aromatic rings. The molecule has 2 aromatic heterocycles. The number of nitrogen functional groups attached to an aromatic ring is 1. The van der Waals surface area contributed by atoms with Crippen LogP contribution in [-0.4, -0.2) is 14.8 Å². The Labute approximate surface area is 76.4 Å². The van der Waals surface area contributed by atoms with Crippen molar-refractivity contribution < 1.29 is 0 Å². The van der Waals surface area contributed by atoms with E-state index in [2.05, 4.69) is 10.1 Å². The van der Waals surface area contributed by atoms with Gasteiger partial charge < -0.3 is 10.7 Å². The molecule has 0 saturated heterocycles.